The van der Waals surface area contributed by atoms with Crippen LogP contribution in [-0.4, -0.2) is 31.0 Å². The summed E-state index contributed by atoms with van der Waals surface area (Å²) in [6.45, 7) is 0. The first kappa shape index (κ1) is 20.9. The monoisotopic (exact) mass is 458 g/mol. The number of aromatic hydroxyl groups is 1. The van der Waals surface area contributed by atoms with E-state index in [4.69, 9.17) is 0 Å². The molecule has 0 aliphatic rings. The fourth-order valence-corrected chi connectivity index (χ4v) is 4.72. The summed E-state index contributed by atoms with van der Waals surface area (Å²) >= 11 is 0. The SMILES string of the molecule is O=S(=O)(O)c1ccc(/N=N/c2c(O)ccc3cccc(S(=O)(=O)O)c23)c2ccccc12. The van der Waals surface area contributed by atoms with Gasteiger partial charge in [0.2, 0.25) is 0 Å². The molecule has 0 fully saturated rings. The van der Waals surface area contributed by atoms with E-state index in [2.05, 4.69) is 10.2 Å². The van der Waals surface area contributed by atoms with Gasteiger partial charge in [-0.25, -0.2) is 0 Å². The third kappa shape index (κ3) is 3.86. The van der Waals surface area contributed by atoms with Crippen LogP contribution in [0.2, 0.25) is 0 Å². The Bertz CT molecular complexity index is 1600. The number of phenolic OH excluding ortho intramolecular Hbond substituents is 1. The molecule has 0 aliphatic heterocycles. The van der Waals surface area contributed by atoms with E-state index in [1.54, 1.807) is 24.3 Å². The smallest absolute Gasteiger partial charge is 0.295 e. The van der Waals surface area contributed by atoms with Crippen LogP contribution in [0.4, 0.5) is 11.4 Å². The zero-order valence-corrected chi connectivity index (χ0v) is 17.2. The average molecular weight is 458 g/mol. The van der Waals surface area contributed by atoms with Crippen molar-refractivity contribution >= 4 is 53.2 Å². The van der Waals surface area contributed by atoms with Crippen molar-refractivity contribution in [3.05, 3.63) is 66.7 Å². The van der Waals surface area contributed by atoms with Crippen LogP contribution in [-0.2, 0) is 20.2 Å². The molecule has 0 aromatic heterocycles. The van der Waals surface area contributed by atoms with Gasteiger partial charge in [0.05, 0.1) is 5.69 Å². The first-order valence-corrected chi connectivity index (χ1v) is 11.6. The maximum Gasteiger partial charge on any atom is 0.295 e. The lowest BCUT2D eigenvalue weighted by molar-refractivity contribution is 0.476. The predicted molar refractivity (Wildman–Crippen MR) is 113 cm³/mol. The summed E-state index contributed by atoms with van der Waals surface area (Å²) in [7, 11) is -9.09. The van der Waals surface area contributed by atoms with E-state index in [1.165, 1.54) is 42.5 Å². The molecule has 0 spiro atoms. The summed E-state index contributed by atoms with van der Waals surface area (Å²) in [6.07, 6.45) is 0. The Hall–Kier alpha value is -3.38. The van der Waals surface area contributed by atoms with Gasteiger partial charge in [-0.2, -0.15) is 16.8 Å². The van der Waals surface area contributed by atoms with Crippen LogP contribution in [0, 0.1) is 0 Å². The molecule has 0 amide bonds. The lowest BCUT2D eigenvalue weighted by atomic mass is 10.1. The standard InChI is InChI=1S/C20H14N2O7S2/c23-16-10-8-12-4-3-7-18(31(27,28)29)19(12)20(16)22-21-15-9-11-17(30(24,25)26)14-6-2-1-5-13(14)15/h1-11,23H,(H,24,25,26)(H,27,28,29)/b22-21+. The van der Waals surface area contributed by atoms with Gasteiger partial charge in [0.15, 0.2) is 0 Å². The summed E-state index contributed by atoms with van der Waals surface area (Å²) < 4.78 is 65.9. The molecule has 0 unspecified atom stereocenters. The van der Waals surface area contributed by atoms with Gasteiger partial charge in [0.1, 0.15) is 21.2 Å². The summed E-state index contributed by atoms with van der Waals surface area (Å²) in [6, 6.07) is 15.7. The van der Waals surface area contributed by atoms with E-state index in [1.807, 2.05) is 0 Å². The average Bonchev–Trinajstić information content (AvgIpc) is 2.71. The Labute approximate surface area is 176 Å². The lowest BCUT2D eigenvalue weighted by Gasteiger charge is -2.09. The Kier molecular flexibility index (Phi) is 4.98. The zero-order chi connectivity index (χ0) is 22.4. The molecule has 0 bridgehead atoms. The van der Waals surface area contributed by atoms with E-state index in [9.17, 15) is 31.0 Å². The third-order valence-electron chi connectivity index (χ3n) is 4.63. The van der Waals surface area contributed by atoms with Crippen LogP contribution in [0.1, 0.15) is 0 Å². The predicted octanol–water partition coefficient (Wildman–Crippen LogP) is 4.61. The summed E-state index contributed by atoms with van der Waals surface area (Å²) in [5.74, 6) is -0.369. The highest BCUT2D eigenvalue weighted by atomic mass is 32.2. The Morgan fingerprint density at radius 1 is 0.645 bits per heavy atom. The second kappa shape index (κ2) is 7.39. The normalized spacial score (nSPS) is 12.7. The Morgan fingerprint density at radius 3 is 2.00 bits per heavy atom. The molecule has 0 atom stereocenters. The molecule has 11 heteroatoms. The van der Waals surface area contributed by atoms with Crippen LogP contribution in [0.3, 0.4) is 0 Å². The van der Waals surface area contributed by atoms with Crippen molar-refractivity contribution in [3.63, 3.8) is 0 Å². The molecule has 9 nitrogen and oxygen atoms in total. The summed E-state index contributed by atoms with van der Waals surface area (Å²) in [5, 5.41) is 19.3. The van der Waals surface area contributed by atoms with Crippen molar-refractivity contribution in [1.82, 2.24) is 0 Å². The number of rotatable bonds is 4. The molecule has 0 saturated heterocycles. The van der Waals surface area contributed by atoms with E-state index in [0.29, 0.717) is 10.8 Å². The fourth-order valence-electron chi connectivity index (χ4n) is 3.30. The van der Waals surface area contributed by atoms with Crippen molar-refractivity contribution in [1.29, 1.82) is 0 Å². The van der Waals surface area contributed by atoms with Crippen LogP contribution in [0.15, 0.2) is 86.7 Å². The molecular formula is C20H14N2O7S2. The van der Waals surface area contributed by atoms with Crippen LogP contribution < -0.4 is 0 Å². The number of benzene rings is 4. The first-order chi connectivity index (χ1) is 14.6. The van der Waals surface area contributed by atoms with Crippen molar-refractivity contribution in [2.24, 2.45) is 10.2 Å². The highest BCUT2D eigenvalue weighted by Gasteiger charge is 2.19. The summed E-state index contributed by atoms with van der Waals surface area (Å²) in [5.41, 5.74) is 0.0254. The molecule has 31 heavy (non-hydrogen) atoms. The number of fused-ring (bicyclic) bond motifs is 2. The number of hydrogen-bond acceptors (Lipinski definition) is 7. The summed E-state index contributed by atoms with van der Waals surface area (Å²) in [4.78, 5) is -0.745. The van der Waals surface area contributed by atoms with Gasteiger partial charge >= 0.3 is 0 Å². The van der Waals surface area contributed by atoms with Gasteiger partial charge in [-0.3, -0.25) is 9.11 Å². The van der Waals surface area contributed by atoms with Crippen molar-refractivity contribution in [2.75, 3.05) is 0 Å². The van der Waals surface area contributed by atoms with Gasteiger partial charge in [0.25, 0.3) is 20.2 Å². The maximum atomic E-state index is 11.8. The van der Waals surface area contributed by atoms with E-state index < -0.39 is 25.1 Å². The fraction of sp³-hybridized carbons (Fsp3) is 0. The number of hydrogen-bond donors (Lipinski definition) is 3. The minimum atomic E-state index is -4.62. The molecule has 4 aromatic rings. The largest absolute Gasteiger partial charge is 0.506 e. The Morgan fingerprint density at radius 2 is 1.32 bits per heavy atom. The second-order valence-corrected chi connectivity index (χ2v) is 9.35. The molecule has 0 saturated carbocycles. The number of phenols is 1. The van der Waals surface area contributed by atoms with Gasteiger partial charge in [-0.05, 0) is 29.7 Å². The van der Waals surface area contributed by atoms with Crippen LogP contribution >= 0.6 is 0 Å². The van der Waals surface area contributed by atoms with Crippen molar-refractivity contribution in [3.8, 4) is 5.75 Å². The second-order valence-electron chi connectivity index (χ2n) is 6.57. The van der Waals surface area contributed by atoms with Crippen molar-refractivity contribution in [2.45, 2.75) is 9.79 Å². The topological polar surface area (TPSA) is 154 Å². The van der Waals surface area contributed by atoms with E-state index in [0.717, 1.165) is 0 Å². The quantitative estimate of drug-likeness (QED) is 0.298. The molecule has 4 aromatic carbocycles. The third-order valence-corrected chi connectivity index (χ3v) is 6.44. The van der Waals surface area contributed by atoms with E-state index >= 15 is 0 Å². The molecule has 0 radical (unpaired) electrons. The van der Waals surface area contributed by atoms with Gasteiger partial charge in [-0.15, -0.1) is 10.2 Å². The molecular weight excluding hydrogens is 444 g/mol. The minimum absolute atomic E-state index is 0.0207. The first-order valence-electron chi connectivity index (χ1n) is 8.70. The molecule has 0 aliphatic carbocycles. The highest BCUT2D eigenvalue weighted by molar-refractivity contribution is 7.86. The highest BCUT2D eigenvalue weighted by Crippen LogP contribution is 2.40. The van der Waals surface area contributed by atoms with Crippen molar-refractivity contribution < 1.29 is 31.0 Å². The lowest BCUT2D eigenvalue weighted by Crippen LogP contribution is -1.99. The van der Waals surface area contributed by atoms with Gasteiger partial charge in [0, 0.05) is 16.2 Å². The molecule has 158 valence electrons. The molecule has 4 rings (SSSR count). The van der Waals surface area contributed by atoms with Crippen LogP contribution in [0.25, 0.3) is 21.5 Å². The van der Waals surface area contributed by atoms with Gasteiger partial charge < -0.3 is 5.11 Å². The zero-order valence-electron chi connectivity index (χ0n) is 15.5. The van der Waals surface area contributed by atoms with Crippen LogP contribution in [0.5, 0.6) is 5.75 Å². The maximum absolute atomic E-state index is 11.8. The van der Waals surface area contributed by atoms with Gasteiger partial charge in [-0.1, -0.05) is 42.5 Å². The molecule has 3 N–H and O–H groups in total. The number of nitrogens with zero attached hydrogens (tertiary/aromatic N) is 2. The molecule has 0 heterocycles. The number of azo groups is 1. The Balaban J connectivity index is 1.97. The van der Waals surface area contributed by atoms with E-state index in [-0.39, 0.29) is 32.8 Å². The minimum Gasteiger partial charge on any atom is -0.506 e.